The standard InChI is InChI=1S/C20H25ClN4O8S2/c1-32-12-7-22-34(28,29)15-4-6-20(33-2)19(13-15)23-8-10-24(11-9-23)35(30,31)16-3-5-17(21)18(14-16)25(26)27/h3-6,13-14,22H,7-12H2,1-2H3. The van der Waals surface area contributed by atoms with Crippen molar-refractivity contribution in [2.75, 3.05) is 58.5 Å². The third-order valence-corrected chi connectivity index (χ3v) is 9.06. The van der Waals surface area contributed by atoms with E-state index in [-0.39, 0.29) is 54.1 Å². The number of methoxy groups -OCH3 is 2. The summed E-state index contributed by atoms with van der Waals surface area (Å²) in [4.78, 5) is 12.0. The highest BCUT2D eigenvalue weighted by atomic mass is 35.5. The fraction of sp³-hybridized carbons (Fsp3) is 0.400. The van der Waals surface area contributed by atoms with E-state index in [9.17, 15) is 26.9 Å². The molecule has 192 valence electrons. The lowest BCUT2D eigenvalue weighted by Gasteiger charge is -2.36. The smallest absolute Gasteiger partial charge is 0.289 e. The number of hydrogen-bond donors (Lipinski definition) is 1. The van der Waals surface area contributed by atoms with Gasteiger partial charge in [0.05, 0.1) is 34.1 Å². The molecule has 0 radical (unpaired) electrons. The molecule has 1 aliphatic rings. The topological polar surface area (TPSA) is 148 Å². The van der Waals surface area contributed by atoms with Crippen LogP contribution in [0.15, 0.2) is 46.2 Å². The molecule has 1 saturated heterocycles. The average molecular weight is 549 g/mol. The minimum Gasteiger partial charge on any atom is -0.495 e. The van der Waals surface area contributed by atoms with Crippen molar-refractivity contribution < 1.29 is 31.2 Å². The van der Waals surface area contributed by atoms with Crippen LogP contribution in [0.3, 0.4) is 0 Å². The summed E-state index contributed by atoms with van der Waals surface area (Å²) in [6, 6.07) is 7.78. The number of ether oxygens (including phenoxy) is 2. The predicted molar refractivity (Wildman–Crippen MR) is 129 cm³/mol. The van der Waals surface area contributed by atoms with E-state index >= 15 is 0 Å². The molecule has 0 aliphatic carbocycles. The van der Waals surface area contributed by atoms with Gasteiger partial charge in [-0.2, -0.15) is 4.31 Å². The van der Waals surface area contributed by atoms with Crippen LogP contribution in [0.1, 0.15) is 0 Å². The number of nitrogens with one attached hydrogen (secondary N) is 1. The summed E-state index contributed by atoms with van der Waals surface area (Å²) < 4.78 is 65.3. The quantitative estimate of drug-likeness (QED) is 0.266. The van der Waals surface area contributed by atoms with Crippen LogP contribution in [0.5, 0.6) is 5.75 Å². The number of hydrogen-bond acceptors (Lipinski definition) is 9. The van der Waals surface area contributed by atoms with Crippen LogP contribution >= 0.6 is 11.6 Å². The molecule has 1 aliphatic heterocycles. The van der Waals surface area contributed by atoms with Gasteiger partial charge in [0.25, 0.3) is 5.69 Å². The number of halogens is 1. The number of nitro groups is 1. The number of sulfonamides is 2. The summed E-state index contributed by atoms with van der Waals surface area (Å²) >= 11 is 5.80. The third kappa shape index (κ3) is 6.02. The largest absolute Gasteiger partial charge is 0.495 e. The highest BCUT2D eigenvalue weighted by molar-refractivity contribution is 7.89. The van der Waals surface area contributed by atoms with Gasteiger partial charge < -0.3 is 14.4 Å². The Morgan fingerprint density at radius 2 is 1.69 bits per heavy atom. The minimum absolute atomic E-state index is 0.0351. The minimum atomic E-state index is -4.01. The molecular weight excluding hydrogens is 524 g/mol. The zero-order chi connectivity index (χ0) is 25.8. The average Bonchev–Trinajstić information content (AvgIpc) is 2.83. The SMILES string of the molecule is COCCNS(=O)(=O)c1ccc(OC)c(N2CCN(S(=O)(=O)c3ccc(Cl)c([N+](=O)[O-])c3)CC2)c1. The third-order valence-electron chi connectivity index (χ3n) is 5.39. The van der Waals surface area contributed by atoms with Gasteiger partial charge >= 0.3 is 0 Å². The zero-order valence-electron chi connectivity index (χ0n) is 19.0. The Morgan fingerprint density at radius 1 is 1.03 bits per heavy atom. The summed E-state index contributed by atoms with van der Waals surface area (Å²) in [6.07, 6.45) is 0. The first-order valence-corrected chi connectivity index (χ1v) is 13.7. The van der Waals surface area contributed by atoms with Gasteiger partial charge in [-0.05, 0) is 30.3 Å². The molecule has 0 unspecified atom stereocenters. The van der Waals surface area contributed by atoms with Crippen LogP contribution < -0.4 is 14.4 Å². The summed E-state index contributed by atoms with van der Waals surface area (Å²) in [7, 11) is -4.87. The molecule has 0 aromatic heterocycles. The Morgan fingerprint density at radius 3 is 2.29 bits per heavy atom. The van der Waals surface area contributed by atoms with Crippen LogP contribution in [-0.4, -0.2) is 79.6 Å². The molecule has 0 spiro atoms. The second kappa shape index (κ2) is 11.1. The van der Waals surface area contributed by atoms with Crippen molar-refractivity contribution in [3.63, 3.8) is 0 Å². The summed E-state index contributed by atoms with van der Waals surface area (Å²) in [5.74, 6) is 0.436. The Balaban J connectivity index is 1.80. The van der Waals surface area contributed by atoms with Crippen molar-refractivity contribution in [3.05, 3.63) is 51.5 Å². The number of nitrogens with zero attached hydrogens (tertiary/aromatic N) is 3. The Labute approximate surface area is 208 Å². The van der Waals surface area contributed by atoms with Crippen LogP contribution in [0, 0.1) is 10.1 Å². The summed E-state index contributed by atoms with van der Waals surface area (Å²) in [5.41, 5.74) is 0.00884. The fourth-order valence-corrected chi connectivity index (χ4v) is 6.22. The van der Waals surface area contributed by atoms with Crippen LogP contribution in [0.4, 0.5) is 11.4 Å². The van der Waals surface area contributed by atoms with E-state index in [1.54, 1.807) is 0 Å². The lowest BCUT2D eigenvalue weighted by atomic mass is 10.2. The molecule has 35 heavy (non-hydrogen) atoms. The Kier molecular flexibility index (Phi) is 8.56. The highest BCUT2D eigenvalue weighted by Gasteiger charge is 2.31. The summed E-state index contributed by atoms with van der Waals surface area (Å²) in [6.45, 7) is 0.961. The van der Waals surface area contributed by atoms with Gasteiger partial charge in [-0.1, -0.05) is 11.6 Å². The molecule has 0 saturated carbocycles. The van der Waals surface area contributed by atoms with Gasteiger partial charge in [0.1, 0.15) is 10.8 Å². The van der Waals surface area contributed by atoms with Crippen molar-refractivity contribution >= 4 is 43.0 Å². The van der Waals surface area contributed by atoms with E-state index in [1.807, 2.05) is 4.90 Å². The maximum Gasteiger partial charge on any atom is 0.289 e. The van der Waals surface area contributed by atoms with Crippen LogP contribution in [-0.2, 0) is 24.8 Å². The predicted octanol–water partition coefficient (Wildman–Crippen LogP) is 1.69. The zero-order valence-corrected chi connectivity index (χ0v) is 21.4. The molecule has 0 atom stereocenters. The van der Waals surface area contributed by atoms with Gasteiger partial charge in [-0.25, -0.2) is 21.6 Å². The molecule has 2 aromatic carbocycles. The number of piperazine rings is 1. The van der Waals surface area contributed by atoms with Crippen molar-refractivity contribution in [1.29, 1.82) is 0 Å². The number of rotatable bonds is 10. The lowest BCUT2D eigenvalue weighted by molar-refractivity contribution is -0.384. The monoisotopic (exact) mass is 548 g/mol. The Bertz CT molecular complexity index is 1300. The van der Waals surface area contributed by atoms with Gasteiger partial charge in [0.15, 0.2) is 0 Å². The van der Waals surface area contributed by atoms with Crippen molar-refractivity contribution in [2.24, 2.45) is 0 Å². The molecule has 15 heteroatoms. The van der Waals surface area contributed by atoms with Crippen LogP contribution in [0.2, 0.25) is 5.02 Å². The molecule has 2 aromatic rings. The summed E-state index contributed by atoms with van der Waals surface area (Å²) in [5, 5.41) is 11.0. The maximum absolute atomic E-state index is 13.1. The second-order valence-electron chi connectivity index (χ2n) is 7.49. The van der Waals surface area contributed by atoms with E-state index in [2.05, 4.69) is 4.72 Å². The molecule has 1 fully saturated rings. The number of anilines is 1. The molecular formula is C20H25ClN4O8S2. The fourth-order valence-electron chi connectivity index (χ4n) is 3.56. The first-order chi connectivity index (χ1) is 16.5. The van der Waals surface area contributed by atoms with E-state index < -0.39 is 30.7 Å². The first-order valence-electron chi connectivity index (χ1n) is 10.4. The number of benzene rings is 2. The van der Waals surface area contributed by atoms with Crippen LogP contribution in [0.25, 0.3) is 0 Å². The van der Waals surface area contributed by atoms with E-state index in [0.29, 0.717) is 11.4 Å². The van der Waals surface area contributed by atoms with E-state index in [1.165, 1.54) is 48.9 Å². The van der Waals surface area contributed by atoms with Gasteiger partial charge in [0.2, 0.25) is 20.0 Å². The lowest BCUT2D eigenvalue weighted by Crippen LogP contribution is -2.48. The van der Waals surface area contributed by atoms with Crippen molar-refractivity contribution in [2.45, 2.75) is 9.79 Å². The van der Waals surface area contributed by atoms with Crippen molar-refractivity contribution in [1.82, 2.24) is 9.03 Å². The molecule has 3 rings (SSSR count). The first kappa shape index (κ1) is 27.1. The molecule has 12 nitrogen and oxygen atoms in total. The second-order valence-corrected chi connectivity index (χ2v) is 11.6. The molecule has 0 amide bonds. The maximum atomic E-state index is 13.1. The van der Waals surface area contributed by atoms with Gasteiger partial charge in [0, 0.05) is 45.9 Å². The van der Waals surface area contributed by atoms with Gasteiger partial charge in [-0.3, -0.25) is 10.1 Å². The normalized spacial score (nSPS) is 15.2. The van der Waals surface area contributed by atoms with Gasteiger partial charge in [-0.15, -0.1) is 0 Å². The Hall–Kier alpha value is -2.49. The van der Waals surface area contributed by atoms with E-state index in [0.717, 1.165) is 6.07 Å². The molecule has 1 heterocycles. The van der Waals surface area contributed by atoms with Crippen molar-refractivity contribution in [3.8, 4) is 5.75 Å². The molecule has 0 bridgehead atoms. The molecule has 1 N–H and O–H groups in total. The highest BCUT2D eigenvalue weighted by Crippen LogP contribution is 2.33. The number of nitro benzene ring substituents is 1. The van der Waals surface area contributed by atoms with E-state index in [4.69, 9.17) is 21.1 Å².